The van der Waals surface area contributed by atoms with Crippen LogP contribution in [0.15, 0.2) is 36.7 Å². The number of carbonyl (C=O) groups is 1. The van der Waals surface area contributed by atoms with Crippen molar-refractivity contribution in [2.24, 2.45) is 0 Å². The first kappa shape index (κ1) is 13.2. The highest BCUT2D eigenvalue weighted by Gasteiger charge is 2.13. The zero-order valence-electron chi connectivity index (χ0n) is 11.9. The fourth-order valence-corrected chi connectivity index (χ4v) is 2.19. The minimum absolute atomic E-state index is 0.109. The molecule has 0 unspecified atom stereocenters. The summed E-state index contributed by atoms with van der Waals surface area (Å²) in [6, 6.07) is 7.64. The Kier molecular flexibility index (Phi) is 3.35. The van der Waals surface area contributed by atoms with Crippen LogP contribution in [0.2, 0.25) is 0 Å². The summed E-state index contributed by atoms with van der Waals surface area (Å²) in [5.74, 6) is 0.201. The van der Waals surface area contributed by atoms with Crippen molar-refractivity contribution in [3.8, 4) is 11.4 Å². The number of nitrogens with one attached hydrogen (secondary N) is 1. The van der Waals surface area contributed by atoms with Crippen molar-refractivity contribution >= 4 is 17.5 Å². The Balaban J connectivity index is 2.08. The van der Waals surface area contributed by atoms with E-state index >= 15 is 0 Å². The van der Waals surface area contributed by atoms with E-state index in [0.29, 0.717) is 12.4 Å². The van der Waals surface area contributed by atoms with Crippen LogP contribution in [0.3, 0.4) is 0 Å². The van der Waals surface area contributed by atoms with E-state index in [9.17, 15) is 4.79 Å². The Morgan fingerprint density at radius 1 is 1.29 bits per heavy atom. The number of anilines is 1. The fourth-order valence-electron chi connectivity index (χ4n) is 2.19. The Morgan fingerprint density at radius 2 is 2.14 bits per heavy atom. The molecule has 0 radical (unpaired) electrons. The van der Waals surface area contributed by atoms with Crippen molar-refractivity contribution in [2.75, 3.05) is 5.32 Å². The second kappa shape index (κ2) is 5.32. The summed E-state index contributed by atoms with van der Waals surface area (Å²) in [5, 5.41) is 2.67. The van der Waals surface area contributed by atoms with Crippen LogP contribution >= 0.6 is 0 Å². The van der Waals surface area contributed by atoms with Crippen molar-refractivity contribution in [1.29, 1.82) is 0 Å². The predicted molar refractivity (Wildman–Crippen MR) is 79.9 cm³/mol. The van der Waals surface area contributed by atoms with Crippen molar-refractivity contribution in [3.63, 3.8) is 0 Å². The zero-order valence-corrected chi connectivity index (χ0v) is 11.9. The zero-order chi connectivity index (χ0) is 14.8. The molecule has 6 heteroatoms. The molecule has 0 aromatic carbocycles. The minimum atomic E-state index is -0.109. The topological polar surface area (TPSA) is 72.2 Å². The van der Waals surface area contributed by atoms with Crippen molar-refractivity contribution in [2.45, 2.75) is 20.3 Å². The lowest BCUT2D eigenvalue weighted by Crippen LogP contribution is -2.12. The van der Waals surface area contributed by atoms with Crippen LogP contribution in [0.25, 0.3) is 17.0 Å². The molecule has 3 heterocycles. The third-order valence-electron chi connectivity index (χ3n) is 3.17. The second-order valence-corrected chi connectivity index (χ2v) is 4.64. The van der Waals surface area contributed by atoms with Gasteiger partial charge < -0.3 is 0 Å². The summed E-state index contributed by atoms with van der Waals surface area (Å²) >= 11 is 0. The van der Waals surface area contributed by atoms with Crippen LogP contribution in [0, 0.1) is 6.92 Å². The van der Waals surface area contributed by atoms with Gasteiger partial charge in [0.1, 0.15) is 5.65 Å². The van der Waals surface area contributed by atoms with E-state index in [1.807, 2.05) is 41.8 Å². The summed E-state index contributed by atoms with van der Waals surface area (Å²) < 4.78 is 1.98. The second-order valence-electron chi connectivity index (χ2n) is 4.64. The number of pyridine rings is 1. The van der Waals surface area contributed by atoms with Gasteiger partial charge in [-0.15, -0.1) is 0 Å². The fraction of sp³-hybridized carbons (Fsp3) is 0.200. The first-order valence-electron chi connectivity index (χ1n) is 6.76. The molecule has 1 N–H and O–H groups in total. The van der Waals surface area contributed by atoms with Crippen molar-refractivity contribution in [1.82, 2.24) is 19.4 Å². The smallest absolute Gasteiger partial charge is 0.229 e. The first-order chi connectivity index (χ1) is 10.2. The van der Waals surface area contributed by atoms with Gasteiger partial charge in [-0.05, 0) is 25.1 Å². The van der Waals surface area contributed by atoms with E-state index in [0.717, 1.165) is 22.7 Å². The number of hydrogen-bond acceptors (Lipinski definition) is 4. The molecule has 106 valence electrons. The Labute approximate surface area is 121 Å². The maximum absolute atomic E-state index is 11.4. The molecule has 0 atom stereocenters. The molecule has 3 rings (SSSR count). The third kappa shape index (κ3) is 2.47. The average Bonchev–Trinajstić information content (AvgIpc) is 2.83. The summed E-state index contributed by atoms with van der Waals surface area (Å²) in [5.41, 5.74) is 3.38. The molecule has 6 nitrogen and oxygen atoms in total. The molecule has 3 aromatic heterocycles. The molecule has 3 aromatic rings. The lowest BCUT2D eigenvalue weighted by Gasteiger charge is -2.05. The Hall–Kier alpha value is -2.76. The van der Waals surface area contributed by atoms with Crippen LogP contribution in [-0.4, -0.2) is 25.3 Å². The molecule has 1 amide bonds. The summed E-state index contributed by atoms with van der Waals surface area (Å²) in [4.78, 5) is 24.4. The number of fused-ring (bicyclic) bond motifs is 1. The van der Waals surface area contributed by atoms with E-state index in [-0.39, 0.29) is 5.91 Å². The molecule has 0 aliphatic rings. The molecular weight excluding hydrogens is 266 g/mol. The molecule has 0 saturated heterocycles. The van der Waals surface area contributed by atoms with Gasteiger partial charge in [0.25, 0.3) is 0 Å². The van der Waals surface area contributed by atoms with Crippen LogP contribution in [0.5, 0.6) is 0 Å². The van der Waals surface area contributed by atoms with E-state index in [2.05, 4.69) is 20.3 Å². The van der Waals surface area contributed by atoms with E-state index < -0.39 is 0 Å². The molecule has 0 bridgehead atoms. The molecule has 0 spiro atoms. The molecular formula is C15H15N5O. The third-order valence-corrected chi connectivity index (χ3v) is 3.17. The lowest BCUT2D eigenvalue weighted by atomic mass is 10.2. The van der Waals surface area contributed by atoms with Gasteiger partial charge in [-0.2, -0.15) is 0 Å². The van der Waals surface area contributed by atoms with Gasteiger partial charge in [-0.3, -0.25) is 14.5 Å². The van der Waals surface area contributed by atoms with Crippen molar-refractivity contribution in [3.05, 3.63) is 42.4 Å². The highest BCUT2D eigenvalue weighted by atomic mass is 16.1. The van der Waals surface area contributed by atoms with Crippen molar-refractivity contribution < 1.29 is 4.79 Å². The number of nitrogens with zero attached hydrogens (tertiary/aromatic N) is 4. The minimum Gasteiger partial charge on any atom is -0.298 e. The number of aryl methyl sites for hydroxylation is 1. The molecule has 0 aliphatic heterocycles. The summed E-state index contributed by atoms with van der Waals surface area (Å²) in [7, 11) is 0. The van der Waals surface area contributed by atoms with Gasteiger partial charge in [0.15, 0.2) is 0 Å². The SMILES string of the molecule is CCC(=O)Nc1nccc(-c2c(C)nc3ccccn23)n1. The number of imidazole rings is 1. The van der Waals surface area contributed by atoms with Gasteiger partial charge in [-0.25, -0.2) is 15.0 Å². The quantitative estimate of drug-likeness (QED) is 0.800. The van der Waals surface area contributed by atoms with Gasteiger partial charge in [0, 0.05) is 18.8 Å². The maximum atomic E-state index is 11.4. The number of hydrogen-bond donors (Lipinski definition) is 1. The number of amides is 1. The average molecular weight is 281 g/mol. The highest BCUT2D eigenvalue weighted by molar-refractivity contribution is 5.88. The van der Waals surface area contributed by atoms with Crippen LogP contribution < -0.4 is 5.32 Å². The lowest BCUT2D eigenvalue weighted by molar-refractivity contribution is -0.115. The predicted octanol–water partition coefficient (Wildman–Crippen LogP) is 2.45. The number of aromatic nitrogens is 4. The standard InChI is InChI=1S/C15H15N5O/c1-3-13(21)19-15-16-8-7-11(18-15)14-10(2)17-12-6-4-5-9-20(12)14/h4-9H,3H2,1-2H3,(H,16,18,19,21). The van der Waals surface area contributed by atoms with E-state index in [1.54, 1.807) is 13.1 Å². The summed E-state index contributed by atoms with van der Waals surface area (Å²) in [6.45, 7) is 3.72. The number of rotatable bonds is 3. The normalized spacial score (nSPS) is 10.8. The molecule has 21 heavy (non-hydrogen) atoms. The first-order valence-corrected chi connectivity index (χ1v) is 6.76. The van der Waals surface area contributed by atoms with Crippen LogP contribution in [0.1, 0.15) is 19.0 Å². The van der Waals surface area contributed by atoms with Gasteiger partial charge in [0.05, 0.1) is 17.1 Å². The Bertz CT molecular complexity index is 809. The molecule has 0 saturated carbocycles. The number of carbonyl (C=O) groups excluding carboxylic acids is 1. The van der Waals surface area contributed by atoms with Gasteiger partial charge in [0.2, 0.25) is 11.9 Å². The summed E-state index contributed by atoms with van der Waals surface area (Å²) in [6.07, 6.45) is 3.97. The maximum Gasteiger partial charge on any atom is 0.229 e. The molecule has 0 aliphatic carbocycles. The van der Waals surface area contributed by atoms with Gasteiger partial charge >= 0.3 is 0 Å². The van der Waals surface area contributed by atoms with Crippen LogP contribution in [-0.2, 0) is 4.79 Å². The monoisotopic (exact) mass is 281 g/mol. The van der Waals surface area contributed by atoms with Gasteiger partial charge in [-0.1, -0.05) is 13.0 Å². The van der Waals surface area contributed by atoms with E-state index in [1.165, 1.54) is 0 Å². The highest BCUT2D eigenvalue weighted by Crippen LogP contribution is 2.23. The molecule has 0 fully saturated rings. The Morgan fingerprint density at radius 3 is 2.95 bits per heavy atom. The van der Waals surface area contributed by atoms with Crippen LogP contribution in [0.4, 0.5) is 5.95 Å². The van der Waals surface area contributed by atoms with E-state index in [4.69, 9.17) is 0 Å². The largest absolute Gasteiger partial charge is 0.298 e.